The average Bonchev–Trinajstić information content (AvgIpc) is 2.87. The minimum absolute atomic E-state index is 0.520. The number of nitrogens with one attached hydrogen (secondary N) is 2. The van der Waals surface area contributed by atoms with Crippen LogP contribution in [-0.4, -0.2) is 15.2 Å². The summed E-state index contributed by atoms with van der Waals surface area (Å²) in [6, 6.07) is 1.97. The molecule has 2 N–H and O–H groups in total. The van der Waals surface area contributed by atoms with Gasteiger partial charge in [-0.2, -0.15) is 5.10 Å². The maximum Gasteiger partial charge on any atom is 0.0953 e. The quantitative estimate of drug-likeness (QED) is 0.837. The third kappa shape index (κ3) is 2.90. The fourth-order valence-corrected chi connectivity index (χ4v) is 2.26. The summed E-state index contributed by atoms with van der Waals surface area (Å²) in [7, 11) is 0. The van der Waals surface area contributed by atoms with Crippen molar-refractivity contribution >= 4 is 11.3 Å². The van der Waals surface area contributed by atoms with Gasteiger partial charge in [0.05, 0.1) is 5.01 Å². The summed E-state index contributed by atoms with van der Waals surface area (Å²) in [6.07, 6.45) is 3.72. The van der Waals surface area contributed by atoms with E-state index in [9.17, 15) is 0 Å². The predicted octanol–water partition coefficient (Wildman–Crippen LogP) is 2.28. The molecule has 0 unspecified atom stereocenters. The van der Waals surface area contributed by atoms with Crippen molar-refractivity contribution in [2.24, 2.45) is 0 Å². The summed E-state index contributed by atoms with van der Waals surface area (Å²) >= 11 is 1.78. The largest absolute Gasteiger partial charge is 0.306 e. The first-order chi connectivity index (χ1) is 7.75. The van der Waals surface area contributed by atoms with Crippen LogP contribution in [-0.2, 0) is 13.1 Å². The van der Waals surface area contributed by atoms with Crippen LogP contribution < -0.4 is 5.32 Å². The molecule has 2 heterocycles. The van der Waals surface area contributed by atoms with E-state index >= 15 is 0 Å². The van der Waals surface area contributed by atoms with E-state index in [0.717, 1.165) is 18.8 Å². The molecular formula is C11H16N4S. The van der Waals surface area contributed by atoms with Gasteiger partial charge < -0.3 is 5.32 Å². The highest BCUT2D eigenvalue weighted by molar-refractivity contribution is 7.11. The van der Waals surface area contributed by atoms with Gasteiger partial charge in [-0.05, 0) is 6.07 Å². The topological polar surface area (TPSA) is 53.6 Å². The second kappa shape index (κ2) is 5.23. The molecule has 2 aromatic rings. The molecule has 0 radical (unpaired) electrons. The van der Waals surface area contributed by atoms with Crippen LogP contribution in [0.1, 0.15) is 35.3 Å². The highest BCUT2D eigenvalue weighted by atomic mass is 32.1. The van der Waals surface area contributed by atoms with Crippen LogP contribution in [0.3, 0.4) is 0 Å². The van der Waals surface area contributed by atoms with Gasteiger partial charge in [-0.25, -0.2) is 4.98 Å². The van der Waals surface area contributed by atoms with Gasteiger partial charge in [0.15, 0.2) is 0 Å². The Kier molecular flexibility index (Phi) is 3.69. The van der Waals surface area contributed by atoms with Crippen molar-refractivity contribution in [2.75, 3.05) is 0 Å². The van der Waals surface area contributed by atoms with Gasteiger partial charge in [-0.15, -0.1) is 11.3 Å². The molecule has 2 rings (SSSR count). The van der Waals surface area contributed by atoms with E-state index in [4.69, 9.17) is 0 Å². The number of hydrogen-bond donors (Lipinski definition) is 2. The number of thiazole rings is 1. The lowest BCUT2D eigenvalue weighted by Gasteiger charge is -2.00. The summed E-state index contributed by atoms with van der Waals surface area (Å²) in [4.78, 5) is 5.67. The molecule has 0 atom stereocenters. The van der Waals surface area contributed by atoms with E-state index in [0.29, 0.717) is 5.92 Å². The third-order valence-electron chi connectivity index (χ3n) is 2.24. The number of H-pyrrole nitrogens is 1. The summed E-state index contributed by atoms with van der Waals surface area (Å²) in [6.45, 7) is 6.01. The van der Waals surface area contributed by atoms with Gasteiger partial charge >= 0.3 is 0 Å². The van der Waals surface area contributed by atoms with Gasteiger partial charge in [-0.1, -0.05) is 13.8 Å². The van der Waals surface area contributed by atoms with Crippen LogP contribution in [0.4, 0.5) is 0 Å². The standard InChI is InChI=1S/C11H16N4S/c1-8(2)11-13-7-10(16-11)6-12-5-9-3-4-14-15-9/h3-4,7-8,12H,5-6H2,1-2H3,(H,14,15). The van der Waals surface area contributed by atoms with Crippen molar-refractivity contribution in [1.82, 2.24) is 20.5 Å². The first kappa shape index (κ1) is 11.3. The van der Waals surface area contributed by atoms with Crippen LogP contribution >= 0.6 is 11.3 Å². The maximum absolute atomic E-state index is 4.39. The van der Waals surface area contributed by atoms with Gasteiger partial charge in [0.1, 0.15) is 0 Å². The molecular weight excluding hydrogens is 220 g/mol. The first-order valence-electron chi connectivity index (χ1n) is 5.39. The zero-order chi connectivity index (χ0) is 11.4. The minimum Gasteiger partial charge on any atom is -0.306 e. The molecule has 16 heavy (non-hydrogen) atoms. The molecule has 0 spiro atoms. The zero-order valence-corrected chi connectivity index (χ0v) is 10.3. The monoisotopic (exact) mass is 236 g/mol. The second-order valence-corrected chi connectivity index (χ2v) is 5.15. The second-order valence-electron chi connectivity index (χ2n) is 4.00. The Bertz CT molecular complexity index is 419. The van der Waals surface area contributed by atoms with E-state index in [1.807, 2.05) is 12.3 Å². The third-order valence-corrected chi connectivity index (χ3v) is 3.54. The Labute approximate surface area is 99.1 Å². The molecule has 0 amide bonds. The lowest BCUT2D eigenvalue weighted by molar-refractivity contribution is 0.683. The molecule has 0 bridgehead atoms. The predicted molar refractivity (Wildman–Crippen MR) is 65.3 cm³/mol. The normalized spacial score (nSPS) is 11.2. The van der Waals surface area contributed by atoms with Gasteiger partial charge in [0.25, 0.3) is 0 Å². The zero-order valence-electron chi connectivity index (χ0n) is 9.53. The Balaban J connectivity index is 1.81. The summed E-state index contributed by atoms with van der Waals surface area (Å²) in [5.74, 6) is 0.520. The molecule has 86 valence electrons. The Morgan fingerprint density at radius 2 is 2.31 bits per heavy atom. The van der Waals surface area contributed by atoms with Crippen molar-refractivity contribution in [1.29, 1.82) is 0 Å². The van der Waals surface area contributed by atoms with Crippen LogP contribution in [0.2, 0.25) is 0 Å². The van der Waals surface area contributed by atoms with Gasteiger partial charge in [0, 0.05) is 42.0 Å². The molecule has 0 saturated carbocycles. The van der Waals surface area contributed by atoms with Crippen LogP contribution in [0, 0.1) is 0 Å². The molecule has 0 fully saturated rings. The van der Waals surface area contributed by atoms with E-state index in [-0.39, 0.29) is 0 Å². The molecule has 0 aliphatic heterocycles. The van der Waals surface area contributed by atoms with E-state index in [1.165, 1.54) is 9.88 Å². The summed E-state index contributed by atoms with van der Waals surface area (Å²) < 4.78 is 0. The highest BCUT2D eigenvalue weighted by Gasteiger charge is 2.05. The highest BCUT2D eigenvalue weighted by Crippen LogP contribution is 2.20. The maximum atomic E-state index is 4.39. The van der Waals surface area contributed by atoms with Crippen LogP contribution in [0.5, 0.6) is 0 Å². The van der Waals surface area contributed by atoms with Crippen LogP contribution in [0.25, 0.3) is 0 Å². The number of hydrogen-bond acceptors (Lipinski definition) is 4. The van der Waals surface area contributed by atoms with Crippen molar-refractivity contribution < 1.29 is 0 Å². The van der Waals surface area contributed by atoms with Crippen molar-refractivity contribution in [3.8, 4) is 0 Å². The van der Waals surface area contributed by atoms with Gasteiger partial charge in [-0.3, -0.25) is 5.10 Å². The number of rotatable bonds is 5. The molecule has 0 aliphatic rings. The lowest BCUT2D eigenvalue weighted by Crippen LogP contribution is -2.11. The van der Waals surface area contributed by atoms with Gasteiger partial charge in [0.2, 0.25) is 0 Å². The molecule has 5 heteroatoms. The lowest BCUT2D eigenvalue weighted by atomic mass is 10.2. The minimum atomic E-state index is 0.520. The Hall–Kier alpha value is -1.20. The Morgan fingerprint density at radius 1 is 1.44 bits per heavy atom. The van der Waals surface area contributed by atoms with Crippen molar-refractivity contribution in [3.63, 3.8) is 0 Å². The molecule has 0 aromatic carbocycles. The fraction of sp³-hybridized carbons (Fsp3) is 0.455. The Morgan fingerprint density at radius 3 is 2.94 bits per heavy atom. The molecule has 4 nitrogen and oxygen atoms in total. The fourth-order valence-electron chi connectivity index (χ4n) is 1.37. The SMILES string of the molecule is CC(C)c1ncc(CNCc2ccn[nH]2)s1. The first-order valence-corrected chi connectivity index (χ1v) is 6.21. The average molecular weight is 236 g/mol. The molecule has 0 saturated heterocycles. The van der Waals surface area contributed by atoms with E-state index < -0.39 is 0 Å². The van der Waals surface area contributed by atoms with Crippen LogP contribution in [0.15, 0.2) is 18.5 Å². The van der Waals surface area contributed by atoms with Crippen molar-refractivity contribution in [2.45, 2.75) is 32.9 Å². The number of aromatic amines is 1. The number of nitrogens with zero attached hydrogens (tertiary/aromatic N) is 2. The van der Waals surface area contributed by atoms with E-state index in [2.05, 4.69) is 34.3 Å². The summed E-state index contributed by atoms with van der Waals surface area (Å²) in [5, 5.41) is 11.4. The summed E-state index contributed by atoms with van der Waals surface area (Å²) in [5.41, 5.74) is 1.11. The smallest absolute Gasteiger partial charge is 0.0953 e. The number of aromatic nitrogens is 3. The molecule has 2 aromatic heterocycles. The van der Waals surface area contributed by atoms with Crippen molar-refractivity contribution in [3.05, 3.63) is 34.0 Å². The molecule has 0 aliphatic carbocycles. The van der Waals surface area contributed by atoms with E-state index in [1.54, 1.807) is 17.5 Å².